The van der Waals surface area contributed by atoms with Gasteiger partial charge in [0.05, 0.1) is 0 Å². The molecule has 0 fully saturated rings. The predicted octanol–water partition coefficient (Wildman–Crippen LogP) is -3.22. The SMILES string of the molecule is C.CC(=O)C(=O)[O-].O=C([O-])C(=O)O. The van der Waals surface area contributed by atoms with Gasteiger partial charge in [0.1, 0.15) is 5.97 Å². The predicted molar refractivity (Wildman–Crippen MR) is 35.1 cm³/mol. The molecule has 0 atom stereocenters. The Bertz CT molecular complexity index is 169. The Balaban J connectivity index is -0.000000143. The van der Waals surface area contributed by atoms with Crippen LogP contribution in [0.5, 0.6) is 0 Å². The number of carbonyl (C=O) groups is 4. The molecule has 0 heterocycles. The number of hydrogen-bond acceptors (Lipinski definition) is 6. The van der Waals surface area contributed by atoms with Gasteiger partial charge < -0.3 is 24.9 Å². The lowest BCUT2D eigenvalue weighted by Crippen LogP contribution is -2.30. The molecule has 0 amide bonds. The zero-order chi connectivity index (χ0) is 10.3. The van der Waals surface area contributed by atoms with Crippen molar-refractivity contribution in [1.82, 2.24) is 0 Å². The van der Waals surface area contributed by atoms with Crippen LogP contribution in [0.4, 0.5) is 0 Å². The second-order valence-electron chi connectivity index (χ2n) is 1.44. The van der Waals surface area contributed by atoms with Crippen LogP contribution in [0.2, 0.25) is 0 Å². The van der Waals surface area contributed by atoms with Crippen molar-refractivity contribution in [2.75, 3.05) is 0 Å². The highest BCUT2D eigenvalue weighted by molar-refractivity contribution is 6.30. The van der Waals surface area contributed by atoms with Gasteiger partial charge in [0.25, 0.3) is 0 Å². The van der Waals surface area contributed by atoms with Crippen LogP contribution in [0.1, 0.15) is 14.4 Å². The maximum atomic E-state index is 9.48. The molecule has 0 saturated heterocycles. The van der Waals surface area contributed by atoms with E-state index in [9.17, 15) is 14.7 Å². The molecule has 1 N–H and O–H groups in total. The molecule has 76 valence electrons. The fourth-order valence-electron chi connectivity index (χ4n) is 0. The van der Waals surface area contributed by atoms with Gasteiger partial charge in [0, 0.05) is 6.92 Å². The minimum absolute atomic E-state index is 0. The highest BCUT2D eigenvalue weighted by Gasteiger charge is 1.90. The van der Waals surface area contributed by atoms with Crippen LogP contribution < -0.4 is 10.2 Å². The molecule has 0 aliphatic heterocycles. The van der Waals surface area contributed by atoms with Crippen molar-refractivity contribution in [2.45, 2.75) is 14.4 Å². The molecular formula is C6H8O7-2. The lowest BCUT2D eigenvalue weighted by Gasteiger charge is -1.87. The van der Waals surface area contributed by atoms with Crippen LogP contribution in [0.15, 0.2) is 0 Å². The van der Waals surface area contributed by atoms with Gasteiger partial charge in [-0.3, -0.25) is 4.79 Å². The number of rotatable bonds is 1. The van der Waals surface area contributed by atoms with Crippen molar-refractivity contribution in [3.05, 3.63) is 0 Å². The molecule has 0 radical (unpaired) electrons. The third-order valence-electron chi connectivity index (χ3n) is 0.462. The molecule has 0 aliphatic rings. The first-order valence-electron chi connectivity index (χ1n) is 2.45. The molecule has 0 rings (SSSR count). The molecular weight excluding hydrogens is 184 g/mol. The zero-order valence-corrected chi connectivity index (χ0v) is 5.90. The summed E-state index contributed by atoms with van der Waals surface area (Å²) in [6.07, 6.45) is 0. The first-order chi connectivity index (χ1) is 5.29. The van der Waals surface area contributed by atoms with Crippen molar-refractivity contribution in [2.24, 2.45) is 0 Å². The maximum absolute atomic E-state index is 9.48. The van der Waals surface area contributed by atoms with E-state index >= 15 is 0 Å². The topological polar surface area (TPSA) is 135 Å². The number of Topliss-reactive ketones (excluding diaryl/α,β-unsaturated/α-hetero) is 1. The number of carbonyl (C=O) groups excluding carboxylic acids is 3. The highest BCUT2D eigenvalue weighted by atomic mass is 16.4. The number of carboxylic acid groups (broad SMARTS) is 3. The van der Waals surface area contributed by atoms with E-state index in [2.05, 4.69) is 0 Å². The van der Waals surface area contributed by atoms with Crippen molar-refractivity contribution < 1.29 is 34.5 Å². The van der Waals surface area contributed by atoms with E-state index in [1.807, 2.05) is 0 Å². The fraction of sp³-hybridized carbons (Fsp3) is 0.333. The molecule has 0 unspecified atom stereocenters. The molecule has 7 heteroatoms. The summed E-state index contributed by atoms with van der Waals surface area (Å²) >= 11 is 0. The summed E-state index contributed by atoms with van der Waals surface area (Å²) in [5.41, 5.74) is 0. The summed E-state index contributed by atoms with van der Waals surface area (Å²) in [7, 11) is 0. The Morgan fingerprint density at radius 2 is 1.15 bits per heavy atom. The van der Waals surface area contributed by atoms with Crippen LogP contribution in [-0.2, 0) is 19.2 Å². The average Bonchev–Trinajstić information content (AvgIpc) is 1.88. The second kappa shape index (κ2) is 8.18. The van der Waals surface area contributed by atoms with Gasteiger partial charge in [-0.1, -0.05) is 7.43 Å². The van der Waals surface area contributed by atoms with Gasteiger partial charge in [-0.25, -0.2) is 4.79 Å². The van der Waals surface area contributed by atoms with E-state index in [0.29, 0.717) is 0 Å². The fourth-order valence-corrected chi connectivity index (χ4v) is 0. The molecule has 0 spiro atoms. The quantitative estimate of drug-likeness (QED) is 0.431. The van der Waals surface area contributed by atoms with Gasteiger partial charge in [-0.2, -0.15) is 0 Å². The highest BCUT2D eigenvalue weighted by Crippen LogP contribution is 1.56. The number of ketones is 1. The van der Waals surface area contributed by atoms with E-state index in [-0.39, 0.29) is 7.43 Å². The van der Waals surface area contributed by atoms with Crippen LogP contribution >= 0.6 is 0 Å². The van der Waals surface area contributed by atoms with Crippen molar-refractivity contribution in [3.8, 4) is 0 Å². The standard InChI is InChI=1S/C3H4O3.C2H2O4.CH4/c1-2(4)3(5)6;3-1(4)2(5)6;/h1H3,(H,5,6);(H,3,4)(H,5,6);1H4/p-2. The third kappa shape index (κ3) is 17.8. The van der Waals surface area contributed by atoms with Crippen molar-refractivity contribution in [3.63, 3.8) is 0 Å². The molecule has 13 heavy (non-hydrogen) atoms. The Hall–Kier alpha value is -1.92. The molecule has 0 saturated carbocycles. The van der Waals surface area contributed by atoms with Gasteiger partial charge >= 0.3 is 5.97 Å². The molecule has 0 aromatic carbocycles. The summed E-state index contributed by atoms with van der Waals surface area (Å²) in [6, 6.07) is 0. The van der Waals surface area contributed by atoms with E-state index in [1.54, 1.807) is 0 Å². The number of carboxylic acids is 3. The maximum Gasteiger partial charge on any atom is 0.351 e. The Morgan fingerprint density at radius 3 is 1.15 bits per heavy atom. The van der Waals surface area contributed by atoms with Crippen molar-refractivity contribution >= 4 is 23.7 Å². The van der Waals surface area contributed by atoms with Crippen LogP contribution in [0, 0.1) is 0 Å². The normalized spacial score (nSPS) is 6.85. The Labute approximate surface area is 73.6 Å². The smallest absolute Gasteiger partial charge is 0.351 e. The van der Waals surface area contributed by atoms with Gasteiger partial charge in [-0.15, -0.1) is 0 Å². The van der Waals surface area contributed by atoms with Crippen LogP contribution in [0.3, 0.4) is 0 Å². The molecule has 0 bridgehead atoms. The first kappa shape index (κ1) is 17.2. The monoisotopic (exact) mass is 192 g/mol. The van der Waals surface area contributed by atoms with Crippen LogP contribution in [0.25, 0.3) is 0 Å². The minimum atomic E-state index is -2.07. The zero-order valence-electron chi connectivity index (χ0n) is 5.90. The van der Waals surface area contributed by atoms with Gasteiger partial charge in [-0.05, 0) is 0 Å². The lowest BCUT2D eigenvalue weighted by molar-refractivity contribution is -0.303. The molecule has 0 aromatic rings. The Kier molecular flexibility index (Phi) is 10.8. The van der Waals surface area contributed by atoms with E-state index in [0.717, 1.165) is 6.92 Å². The lowest BCUT2D eigenvalue weighted by atomic mass is 10.5. The first-order valence-corrected chi connectivity index (χ1v) is 2.45. The summed E-state index contributed by atoms with van der Waals surface area (Å²) in [5, 5.41) is 25.6. The van der Waals surface area contributed by atoms with Gasteiger partial charge in [0.15, 0.2) is 11.8 Å². The Morgan fingerprint density at radius 1 is 1.00 bits per heavy atom. The van der Waals surface area contributed by atoms with Gasteiger partial charge in [0.2, 0.25) is 0 Å². The van der Waals surface area contributed by atoms with E-state index in [1.165, 1.54) is 0 Å². The summed E-state index contributed by atoms with van der Waals surface area (Å²) in [5.74, 6) is -6.57. The summed E-state index contributed by atoms with van der Waals surface area (Å²) in [6.45, 7) is 0.940. The molecule has 7 nitrogen and oxygen atoms in total. The molecule has 0 aliphatic carbocycles. The average molecular weight is 192 g/mol. The summed E-state index contributed by atoms with van der Waals surface area (Å²) in [4.78, 5) is 36.7. The number of aliphatic carboxylic acids is 3. The largest absolute Gasteiger partial charge is 0.542 e. The number of hydrogen-bond donors (Lipinski definition) is 1. The molecule has 0 aromatic heterocycles. The second-order valence-corrected chi connectivity index (χ2v) is 1.44. The van der Waals surface area contributed by atoms with Crippen molar-refractivity contribution in [1.29, 1.82) is 0 Å². The minimum Gasteiger partial charge on any atom is -0.542 e. The van der Waals surface area contributed by atoms with Crippen LogP contribution in [-0.4, -0.2) is 28.8 Å². The third-order valence-corrected chi connectivity index (χ3v) is 0.462. The summed E-state index contributed by atoms with van der Waals surface area (Å²) < 4.78 is 0. The van der Waals surface area contributed by atoms with E-state index < -0.39 is 23.7 Å². The van der Waals surface area contributed by atoms with E-state index in [4.69, 9.17) is 19.8 Å².